The minimum absolute atomic E-state index is 0.000819. The Morgan fingerprint density at radius 1 is 1.11 bits per heavy atom. The third-order valence-electron chi connectivity index (χ3n) is 6.68. The van der Waals surface area contributed by atoms with E-state index < -0.39 is 17.4 Å². The van der Waals surface area contributed by atoms with Gasteiger partial charge in [0.15, 0.2) is 0 Å². The summed E-state index contributed by atoms with van der Waals surface area (Å²) in [5.74, 6) is 1.04. The Bertz CT molecular complexity index is 837. The third kappa shape index (κ3) is 9.74. The van der Waals surface area contributed by atoms with Crippen molar-refractivity contribution in [3.8, 4) is 0 Å². The van der Waals surface area contributed by atoms with Gasteiger partial charge in [0, 0.05) is 17.8 Å². The van der Waals surface area contributed by atoms with E-state index in [2.05, 4.69) is 42.3 Å². The summed E-state index contributed by atoms with van der Waals surface area (Å²) in [6.45, 7) is 12.9. The van der Waals surface area contributed by atoms with Crippen LogP contribution in [0.2, 0.25) is 0 Å². The fraction of sp³-hybridized carbons (Fsp3) is 0.621. The summed E-state index contributed by atoms with van der Waals surface area (Å²) in [4.78, 5) is 3.85. The molecule has 0 aromatic heterocycles. The second-order valence-electron chi connectivity index (χ2n) is 9.19. The maximum atomic E-state index is 13.3. The number of alkyl halides is 3. The first-order valence-electron chi connectivity index (χ1n) is 13.4. The second-order valence-corrected chi connectivity index (χ2v) is 9.19. The first-order chi connectivity index (χ1) is 17.2. The highest BCUT2D eigenvalue weighted by atomic mass is 19.4. The van der Waals surface area contributed by atoms with Crippen LogP contribution in [-0.4, -0.2) is 26.0 Å². The molecule has 0 radical (unpaired) electrons. The van der Waals surface area contributed by atoms with Crippen LogP contribution in [0.4, 0.5) is 13.2 Å². The molecule has 1 aromatic rings. The molecule has 0 spiro atoms. The lowest BCUT2D eigenvalue weighted by atomic mass is 9.79. The van der Waals surface area contributed by atoms with Gasteiger partial charge in [-0.3, -0.25) is 10.3 Å². The van der Waals surface area contributed by atoms with Crippen LogP contribution >= 0.6 is 0 Å². The van der Waals surface area contributed by atoms with Gasteiger partial charge in [0.25, 0.3) is 0 Å². The summed E-state index contributed by atoms with van der Waals surface area (Å²) < 4.78 is 39.8. The van der Waals surface area contributed by atoms with E-state index in [0.29, 0.717) is 0 Å². The van der Waals surface area contributed by atoms with E-state index in [1.807, 2.05) is 13.8 Å². The fourth-order valence-corrected chi connectivity index (χ4v) is 4.51. The van der Waals surface area contributed by atoms with Gasteiger partial charge in [0.2, 0.25) is 0 Å². The summed E-state index contributed by atoms with van der Waals surface area (Å²) in [6, 6.07) is 5.37. The van der Waals surface area contributed by atoms with Gasteiger partial charge < -0.3 is 11.1 Å². The Morgan fingerprint density at radius 2 is 1.72 bits per heavy atom. The van der Waals surface area contributed by atoms with Crippen molar-refractivity contribution in [2.24, 2.45) is 22.6 Å². The molecule has 4 nitrogen and oxygen atoms in total. The van der Waals surface area contributed by atoms with E-state index in [1.165, 1.54) is 43.5 Å². The number of nitrogens with zero attached hydrogens (tertiary/aromatic N) is 1. The molecule has 0 saturated heterocycles. The normalized spacial score (nSPS) is 18.7. The van der Waals surface area contributed by atoms with Gasteiger partial charge in [-0.15, -0.1) is 0 Å². The highest BCUT2D eigenvalue weighted by Gasteiger charge is 2.36. The number of aliphatic imine (C=N–C) groups is 1. The molecule has 204 valence electrons. The highest BCUT2D eigenvalue weighted by Crippen LogP contribution is 2.37. The van der Waals surface area contributed by atoms with Crippen LogP contribution < -0.4 is 16.4 Å². The molecule has 7 heteroatoms. The quantitative estimate of drug-likeness (QED) is 0.239. The van der Waals surface area contributed by atoms with E-state index in [-0.39, 0.29) is 17.2 Å². The zero-order chi connectivity index (χ0) is 27.2. The van der Waals surface area contributed by atoms with Crippen LogP contribution in [-0.2, 0) is 6.18 Å². The Balaban J connectivity index is 0.000000450. The van der Waals surface area contributed by atoms with Crippen LogP contribution in [0.3, 0.4) is 0 Å². The summed E-state index contributed by atoms with van der Waals surface area (Å²) in [7, 11) is 1.72. The minimum atomic E-state index is -4.46. The zero-order valence-electron chi connectivity index (χ0n) is 22.8. The van der Waals surface area contributed by atoms with E-state index >= 15 is 0 Å². The first kappa shape index (κ1) is 31.9. The lowest BCUT2D eigenvalue weighted by Crippen LogP contribution is -2.56. The van der Waals surface area contributed by atoms with Crippen molar-refractivity contribution in [3.05, 3.63) is 53.2 Å². The number of hydrogen-bond acceptors (Lipinski definition) is 4. The molecule has 2 fully saturated rings. The van der Waals surface area contributed by atoms with Crippen LogP contribution in [0, 0.1) is 11.8 Å². The SMILES string of the molecule is C/C=C(\NCCC)C1CC1.C=N/C(=C\C(N)(NC)C1CCCCC1)c1ccccc1C(F)(F)F.CC. The molecule has 1 unspecified atom stereocenters. The molecule has 3 rings (SSSR count). The molecular weight excluding hydrogens is 461 g/mol. The standard InChI is InChI=1S/C18H24F3N3.C9H17N.C2H6/c1-23-16(14-10-6-7-11-15(14)18(19,20)21)12-17(22,24-2)13-8-4-3-5-9-13;1-3-7-10-9(4-2)8-5-6-8;1-2/h6-7,10-13,24H,1,3-5,8-9,22H2,2H3;4,8,10H,3,5-7H2,1-2H3;1-2H3/b16-12-;9-4-;. The maximum absolute atomic E-state index is 13.3. The van der Waals surface area contributed by atoms with Gasteiger partial charge in [-0.25, -0.2) is 0 Å². The number of likely N-dealkylation sites (N-methyl/N-ethyl adjacent to an activating group) is 1. The van der Waals surface area contributed by atoms with Crippen LogP contribution in [0.25, 0.3) is 5.70 Å². The van der Waals surface area contributed by atoms with Gasteiger partial charge in [0.1, 0.15) is 0 Å². The van der Waals surface area contributed by atoms with Crippen LogP contribution in [0.1, 0.15) is 90.2 Å². The Hall–Kier alpha value is -2.12. The first-order valence-corrected chi connectivity index (χ1v) is 13.4. The van der Waals surface area contributed by atoms with Crippen molar-refractivity contribution in [2.45, 2.75) is 90.9 Å². The van der Waals surface area contributed by atoms with E-state index in [0.717, 1.165) is 44.2 Å². The van der Waals surface area contributed by atoms with E-state index in [1.54, 1.807) is 19.2 Å². The molecule has 36 heavy (non-hydrogen) atoms. The van der Waals surface area contributed by atoms with Gasteiger partial charge in [-0.05, 0) is 76.8 Å². The Morgan fingerprint density at radius 3 is 2.19 bits per heavy atom. The molecule has 1 atom stereocenters. The van der Waals surface area contributed by atoms with Crippen molar-refractivity contribution in [1.29, 1.82) is 0 Å². The van der Waals surface area contributed by atoms with Gasteiger partial charge in [0.05, 0.1) is 16.9 Å². The number of hydrogen-bond donors (Lipinski definition) is 3. The predicted molar refractivity (Wildman–Crippen MR) is 148 cm³/mol. The summed E-state index contributed by atoms with van der Waals surface area (Å²) >= 11 is 0. The van der Waals surface area contributed by atoms with Crippen molar-refractivity contribution >= 4 is 12.4 Å². The molecule has 4 N–H and O–H groups in total. The summed E-state index contributed by atoms with van der Waals surface area (Å²) in [6.07, 6.45) is 8.60. The highest BCUT2D eigenvalue weighted by molar-refractivity contribution is 5.71. The number of nitrogens with one attached hydrogen (secondary N) is 2. The smallest absolute Gasteiger partial charge is 0.388 e. The molecule has 0 aliphatic heterocycles. The Labute approximate surface area is 216 Å². The monoisotopic (exact) mass is 508 g/mol. The van der Waals surface area contributed by atoms with Crippen molar-refractivity contribution in [3.63, 3.8) is 0 Å². The lowest BCUT2D eigenvalue weighted by molar-refractivity contribution is -0.137. The maximum Gasteiger partial charge on any atom is 0.417 e. The van der Waals surface area contributed by atoms with Crippen LogP contribution in [0.15, 0.2) is 47.1 Å². The molecule has 0 heterocycles. The second kappa shape index (κ2) is 15.9. The van der Waals surface area contributed by atoms with Crippen LogP contribution in [0.5, 0.6) is 0 Å². The number of allylic oxidation sites excluding steroid dienone is 2. The minimum Gasteiger partial charge on any atom is -0.388 e. The summed E-state index contributed by atoms with van der Waals surface area (Å²) in [5, 5.41) is 6.52. The number of rotatable bonds is 9. The number of nitrogens with two attached hydrogens (primary N) is 1. The zero-order valence-corrected chi connectivity index (χ0v) is 22.8. The Kier molecular flexibility index (Phi) is 14.1. The van der Waals surface area contributed by atoms with E-state index in [9.17, 15) is 13.2 Å². The third-order valence-corrected chi connectivity index (χ3v) is 6.68. The molecule has 1 aromatic carbocycles. The molecule has 0 bridgehead atoms. The summed E-state index contributed by atoms with van der Waals surface area (Å²) in [5.41, 5.74) is 6.48. The van der Waals surface area contributed by atoms with Gasteiger partial charge in [-0.2, -0.15) is 13.2 Å². The molecule has 2 saturated carbocycles. The average molecular weight is 509 g/mol. The fourth-order valence-electron chi connectivity index (χ4n) is 4.51. The lowest BCUT2D eigenvalue weighted by Gasteiger charge is -2.37. The van der Waals surface area contributed by atoms with E-state index in [4.69, 9.17) is 5.73 Å². The van der Waals surface area contributed by atoms with Crippen molar-refractivity contribution < 1.29 is 13.2 Å². The molecule has 2 aliphatic rings. The molecule has 2 aliphatic carbocycles. The average Bonchev–Trinajstić information content (AvgIpc) is 3.75. The van der Waals surface area contributed by atoms with Gasteiger partial charge >= 0.3 is 6.18 Å². The predicted octanol–water partition coefficient (Wildman–Crippen LogP) is 7.53. The largest absolute Gasteiger partial charge is 0.417 e. The molecule has 0 amide bonds. The van der Waals surface area contributed by atoms with Crippen molar-refractivity contribution in [1.82, 2.24) is 10.6 Å². The number of benzene rings is 1. The van der Waals surface area contributed by atoms with Crippen molar-refractivity contribution in [2.75, 3.05) is 13.6 Å². The molecular formula is C29H47F3N4. The number of halogens is 3. The van der Waals surface area contributed by atoms with Gasteiger partial charge in [-0.1, -0.05) is 64.3 Å². The topological polar surface area (TPSA) is 62.4 Å².